The van der Waals surface area contributed by atoms with Gasteiger partial charge < -0.3 is 29.0 Å². The van der Waals surface area contributed by atoms with Crippen molar-refractivity contribution >= 4 is 12.1 Å². The van der Waals surface area contributed by atoms with Gasteiger partial charge in [-0.15, -0.1) is 0 Å². The predicted molar refractivity (Wildman–Crippen MR) is 138 cm³/mol. The third-order valence-electron chi connectivity index (χ3n) is 5.90. The second kappa shape index (κ2) is 24.3. The van der Waals surface area contributed by atoms with E-state index in [1.807, 2.05) is 0 Å². The Bertz CT molecular complexity index is 500. The number of unbranched alkanes of at least 4 members (excludes halogenated alkanes) is 6. The van der Waals surface area contributed by atoms with Crippen LogP contribution in [0.15, 0.2) is 0 Å². The van der Waals surface area contributed by atoms with Crippen molar-refractivity contribution in [3.8, 4) is 0 Å². The molecule has 0 saturated heterocycles. The number of alkyl carbamates (subject to hydrolysis) is 1. The number of methoxy groups -OCH3 is 1. The highest BCUT2D eigenvalue weighted by atomic mass is 16.7. The molecule has 0 aromatic heterocycles. The molecule has 0 saturated carbocycles. The zero-order valence-electron chi connectivity index (χ0n) is 23.1. The third kappa shape index (κ3) is 24.1. The zero-order valence-corrected chi connectivity index (χ0v) is 23.1. The van der Waals surface area contributed by atoms with Crippen LogP contribution in [0.3, 0.4) is 0 Å². The number of hydrogen-bond acceptors (Lipinski definition) is 7. The van der Waals surface area contributed by atoms with Crippen LogP contribution >= 0.6 is 0 Å². The summed E-state index contributed by atoms with van der Waals surface area (Å²) in [5, 5.41) is 2.66. The van der Waals surface area contributed by atoms with Gasteiger partial charge in [-0.1, -0.05) is 66.2 Å². The lowest BCUT2D eigenvalue weighted by molar-refractivity contribution is -0.157. The van der Waals surface area contributed by atoms with Crippen molar-refractivity contribution in [1.82, 2.24) is 5.32 Å². The lowest BCUT2D eigenvalue weighted by Gasteiger charge is -2.21. The average molecular weight is 504 g/mol. The predicted octanol–water partition coefficient (Wildman–Crippen LogP) is 5.72. The van der Waals surface area contributed by atoms with Crippen LogP contribution in [0.5, 0.6) is 0 Å². The summed E-state index contributed by atoms with van der Waals surface area (Å²) in [6.07, 6.45) is 9.47. The van der Waals surface area contributed by atoms with Gasteiger partial charge in [0.05, 0.1) is 33.0 Å². The molecule has 8 heteroatoms. The Kier molecular flexibility index (Phi) is 23.4. The summed E-state index contributed by atoms with van der Waals surface area (Å²) in [7, 11) is 1.62. The van der Waals surface area contributed by atoms with Gasteiger partial charge in [-0.05, 0) is 37.0 Å². The van der Waals surface area contributed by atoms with Crippen LogP contribution in [0.25, 0.3) is 0 Å². The van der Waals surface area contributed by atoms with Crippen molar-refractivity contribution in [3.63, 3.8) is 0 Å². The third-order valence-corrected chi connectivity index (χ3v) is 5.90. The van der Waals surface area contributed by atoms with Crippen molar-refractivity contribution in [2.24, 2.45) is 17.8 Å². The van der Waals surface area contributed by atoms with E-state index in [1.54, 1.807) is 7.11 Å². The van der Waals surface area contributed by atoms with Gasteiger partial charge in [0, 0.05) is 20.1 Å². The highest BCUT2D eigenvalue weighted by molar-refractivity contribution is 5.69. The van der Waals surface area contributed by atoms with Gasteiger partial charge in [0.15, 0.2) is 6.79 Å². The largest absolute Gasteiger partial charge is 0.450 e. The number of carbonyl (C=O) groups excluding carboxylic acids is 2. The van der Waals surface area contributed by atoms with Crippen molar-refractivity contribution < 1.29 is 33.3 Å². The number of esters is 1. The molecule has 0 aliphatic carbocycles. The highest BCUT2D eigenvalue weighted by Crippen LogP contribution is 2.20. The molecule has 8 nitrogen and oxygen atoms in total. The fourth-order valence-corrected chi connectivity index (χ4v) is 3.48. The molecule has 0 bridgehead atoms. The lowest BCUT2D eigenvalue weighted by atomic mass is 9.89. The Morgan fingerprint density at radius 3 is 2.09 bits per heavy atom. The van der Waals surface area contributed by atoms with Crippen LogP contribution < -0.4 is 5.32 Å². The summed E-state index contributed by atoms with van der Waals surface area (Å²) in [5.41, 5.74) is 0. The fraction of sp³-hybridized carbons (Fsp3) is 0.926. The Balaban J connectivity index is 3.45. The number of hydrogen-bond donors (Lipinski definition) is 1. The SMILES string of the molecule is COCCOCCNC(=O)OCCCCCCCCCC(=O)OCOCC(CCC(C)C)C(C)C. The molecular formula is C27H53NO7. The molecule has 0 radical (unpaired) electrons. The first kappa shape index (κ1) is 33.6. The van der Waals surface area contributed by atoms with E-state index in [0.717, 1.165) is 51.4 Å². The van der Waals surface area contributed by atoms with Gasteiger partial charge in [-0.2, -0.15) is 0 Å². The Morgan fingerprint density at radius 2 is 1.43 bits per heavy atom. The van der Waals surface area contributed by atoms with Crippen molar-refractivity contribution in [2.45, 2.75) is 91.9 Å². The summed E-state index contributed by atoms with van der Waals surface area (Å²) < 4.78 is 26.1. The smallest absolute Gasteiger partial charge is 0.407 e. The molecule has 0 aliphatic heterocycles. The number of ether oxygens (including phenoxy) is 5. The minimum absolute atomic E-state index is 0.0615. The highest BCUT2D eigenvalue weighted by Gasteiger charge is 2.14. The van der Waals surface area contributed by atoms with Crippen LogP contribution in [0, 0.1) is 17.8 Å². The molecule has 0 aromatic carbocycles. The van der Waals surface area contributed by atoms with Crippen LogP contribution in [0.2, 0.25) is 0 Å². The van der Waals surface area contributed by atoms with E-state index in [1.165, 1.54) is 6.42 Å². The van der Waals surface area contributed by atoms with E-state index in [2.05, 4.69) is 33.0 Å². The molecular weight excluding hydrogens is 450 g/mol. The summed E-state index contributed by atoms with van der Waals surface area (Å²) in [5.74, 6) is 1.60. The topological polar surface area (TPSA) is 92.3 Å². The molecule has 0 aromatic rings. The van der Waals surface area contributed by atoms with E-state index < -0.39 is 6.09 Å². The van der Waals surface area contributed by atoms with Crippen molar-refractivity contribution in [1.29, 1.82) is 0 Å². The maximum Gasteiger partial charge on any atom is 0.407 e. The van der Waals surface area contributed by atoms with Gasteiger partial charge in [-0.25, -0.2) is 4.79 Å². The lowest BCUT2D eigenvalue weighted by Crippen LogP contribution is -2.28. The normalized spacial score (nSPS) is 12.2. The van der Waals surface area contributed by atoms with E-state index in [0.29, 0.717) is 63.8 Å². The van der Waals surface area contributed by atoms with E-state index in [4.69, 9.17) is 23.7 Å². The first-order chi connectivity index (χ1) is 16.9. The maximum atomic E-state index is 11.9. The number of amides is 1. The number of carbonyl (C=O) groups is 2. The molecule has 0 spiro atoms. The molecule has 1 unspecified atom stereocenters. The van der Waals surface area contributed by atoms with Gasteiger partial charge in [-0.3, -0.25) is 4.79 Å². The minimum Gasteiger partial charge on any atom is -0.450 e. The molecule has 208 valence electrons. The number of rotatable bonds is 24. The summed E-state index contributed by atoms with van der Waals surface area (Å²) in [4.78, 5) is 23.4. The Labute approximate surface area is 214 Å². The fourth-order valence-electron chi connectivity index (χ4n) is 3.48. The molecule has 1 atom stereocenters. The monoisotopic (exact) mass is 503 g/mol. The van der Waals surface area contributed by atoms with Crippen LogP contribution in [0.1, 0.15) is 91.9 Å². The first-order valence-electron chi connectivity index (χ1n) is 13.6. The summed E-state index contributed by atoms with van der Waals surface area (Å²) in [6.45, 7) is 12.0. The molecule has 1 N–H and O–H groups in total. The number of nitrogens with one attached hydrogen (secondary N) is 1. The zero-order chi connectivity index (χ0) is 26.2. The molecule has 0 aliphatic rings. The first-order valence-corrected chi connectivity index (χ1v) is 13.6. The van der Waals surface area contributed by atoms with E-state index in [9.17, 15) is 9.59 Å². The van der Waals surface area contributed by atoms with Crippen molar-refractivity contribution in [3.05, 3.63) is 0 Å². The average Bonchev–Trinajstić information content (AvgIpc) is 2.81. The second-order valence-electron chi connectivity index (χ2n) is 9.87. The van der Waals surface area contributed by atoms with Crippen molar-refractivity contribution in [2.75, 3.05) is 53.5 Å². The Hall–Kier alpha value is -1.38. The van der Waals surface area contributed by atoms with Crippen LogP contribution in [0.4, 0.5) is 4.79 Å². The second-order valence-corrected chi connectivity index (χ2v) is 9.87. The molecule has 0 rings (SSSR count). The van der Waals surface area contributed by atoms with Gasteiger partial charge in [0.25, 0.3) is 0 Å². The van der Waals surface area contributed by atoms with Crippen LogP contribution in [-0.4, -0.2) is 65.5 Å². The van der Waals surface area contributed by atoms with E-state index in [-0.39, 0.29) is 12.8 Å². The standard InChI is InChI=1S/C27H53NO7/c1-23(2)14-15-25(24(3)4)21-33-22-35-26(29)13-11-9-7-6-8-10-12-17-34-27(30)28-16-18-32-20-19-31-5/h23-25H,6-22H2,1-5H3,(H,28,30). The van der Waals surface area contributed by atoms with Gasteiger partial charge in [0.1, 0.15) is 0 Å². The van der Waals surface area contributed by atoms with Gasteiger partial charge in [0.2, 0.25) is 0 Å². The molecule has 35 heavy (non-hydrogen) atoms. The summed E-state index contributed by atoms with van der Waals surface area (Å²) >= 11 is 0. The quantitative estimate of drug-likeness (QED) is 0.102. The minimum atomic E-state index is -0.400. The molecule has 1 amide bonds. The Morgan fingerprint density at radius 1 is 0.743 bits per heavy atom. The maximum absolute atomic E-state index is 11.9. The molecule has 0 heterocycles. The summed E-state index contributed by atoms with van der Waals surface area (Å²) in [6, 6.07) is 0. The molecule has 0 fully saturated rings. The van der Waals surface area contributed by atoms with E-state index >= 15 is 0 Å². The van der Waals surface area contributed by atoms with Gasteiger partial charge >= 0.3 is 12.1 Å². The van der Waals surface area contributed by atoms with Crippen LogP contribution in [-0.2, 0) is 28.5 Å².